The number of carboxylic acid groups (broad SMARTS) is 3. The zero-order valence-corrected chi connectivity index (χ0v) is 16.6. The van der Waals surface area contributed by atoms with Gasteiger partial charge >= 0.3 is 17.9 Å². The Hall–Kier alpha value is -2.69. The van der Waals surface area contributed by atoms with Gasteiger partial charge in [0.25, 0.3) is 0 Å². The molecule has 0 saturated heterocycles. The van der Waals surface area contributed by atoms with Crippen molar-refractivity contribution in [3.05, 3.63) is 38.0 Å². The number of hydrogen-bond acceptors (Lipinski definition) is 11. The highest BCUT2D eigenvalue weighted by molar-refractivity contribution is 5.79. The molecule has 14 nitrogen and oxygen atoms in total. The summed E-state index contributed by atoms with van der Waals surface area (Å²) in [4.78, 5) is 27.8. The lowest BCUT2D eigenvalue weighted by Crippen LogP contribution is -2.31. The first-order valence-corrected chi connectivity index (χ1v) is 7.97. The maximum absolute atomic E-state index is 9.25. The maximum atomic E-state index is 9.25. The summed E-state index contributed by atoms with van der Waals surface area (Å²) in [5, 5.41) is 89.1. The van der Waals surface area contributed by atoms with Crippen LogP contribution in [-0.2, 0) is 14.4 Å². The molecule has 0 aromatic rings. The number of aliphatic hydroxyl groups is 8. The Morgan fingerprint density at radius 2 is 0.613 bits per heavy atom. The molecule has 0 aromatic carbocycles. The number of carboxylic acids is 3. The lowest BCUT2D eigenvalue weighted by molar-refractivity contribution is -0.132. The topological polar surface area (TPSA) is 274 Å². The second-order valence-electron chi connectivity index (χ2n) is 4.63. The molecule has 0 unspecified atom stereocenters. The highest BCUT2D eigenvalue weighted by Crippen LogP contribution is 1.89. The van der Waals surface area contributed by atoms with E-state index in [2.05, 4.69) is 19.7 Å². The summed E-state index contributed by atoms with van der Waals surface area (Å²) in [6, 6.07) is 0. The average molecular weight is 460 g/mol. The Labute approximate surface area is 178 Å². The Morgan fingerprint density at radius 3 is 0.645 bits per heavy atom. The first-order valence-electron chi connectivity index (χ1n) is 7.97. The molecule has 0 aromatic heterocycles. The van der Waals surface area contributed by atoms with Gasteiger partial charge in [-0.3, -0.25) is 0 Å². The third-order valence-electron chi connectivity index (χ3n) is 2.16. The van der Waals surface area contributed by atoms with Crippen LogP contribution in [0.25, 0.3) is 0 Å². The number of carbonyl (C=O) groups is 3. The second kappa shape index (κ2) is 29.5. The molecule has 0 amide bonds. The van der Waals surface area contributed by atoms with Crippen LogP contribution in [0.3, 0.4) is 0 Å². The van der Waals surface area contributed by atoms with E-state index < -0.39 is 68.8 Å². The third kappa shape index (κ3) is 46.9. The van der Waals surface area contributed by atoms with Crippen LogP contribution in [0.5, 0.6) is 0 Å². The maximum Gasteiger partial charge on any atom is 0.327 e. The second-order valence-corrected chi connectivity index (χ2v) is 4.63. The Kier molecular flexibility index (Phi) is 37.0. The summed E-state index contributed by atoms with van der Waals surface area (Å²) < 4.78 is 0. The van der Waals surface area contributed by atoms with E-state index in [4.69, 9.17) is 56.2 Å². The number of aliphatic carboxylic acids is 3. The van der Waals surface area contributed by atoms with Crippen LogP contribution in [0.1, 0.15) is 0 Å². The van der Waals surface area contributed by atoms with Crippen LogP contribution < -0.4 is 0 Å². The summed E-state index contributed by atoms with van der Waals surface area (Å²) >= 11 is 0. The summed E-state index contributed by atoms with van der Waals surface area (Å²) in [6.07, 6.45) is -2.39. The molecule has 4 atom stereocenters. The van der Waals surface area contributed by atoms with Gasteiger partial charge in [-0.1, -0.05) is 19.7 Å². The van der Waals surface area contributed by atoms with Gasteiger partial charge in [0.1, 0.15) is 24.4 Å². The molecule has 31 heavy (non-hydrogen) atoms. The number of aliphatic hydroxyl groups excluding tert-OH is 8. The summed E-state index contributed by atoms with van der Waals surface area (Å²) in [6.45, 7) is 6.78. The van der Waals surface area contributed by atoms with Crippen LogP contribution >= 0.6 is 0 Å². The molecule has 0 spiro atoms. The predicted octanol–water partition coefficient (Wildman–Crippen LogP) is -3.84. The molecule has 184 valence electrons. The normalized spacial score (nSPS) is 12.4. The zero-order chi connectivity index (χ0) is 26.0. The van der Waals surface area contributed by atoms with Gasteiger partial charge in [0.2, 0.25) is 0 Å². The van der Waals surface area contributed by atoms with Gasteiger partial charge in [-0.05, 0) is 0 Å². The summed E-state index contributed by atoms with van der Waals surface area (Å²) in [5.41, 5.74) is 0. The van der Waals surface area contributed by atoms with Crippen LogP contribution in [0.15, 0.2) is 38.0 Å². The molecule has 0 bridgehead atoms. The van der Waals surface area contributed by atoms with Crippen molar-refractivity contribution >= 4 is 17.9 Å². The quantitative estimate of drug-likeness (QED) is 0.147. The van der Waals surface area contributed by atoms with Crippen molar-refractivity contribution in [3.8, 4) is 0 Å². The molecule has 0 rings (SSSR count). The molecule has 0 aliphatic carbocycles. The van der Waals surface area contributed by atoms with Crippen LogP contribution in [0.2, 0.25) is 0 Å². The van der Waals surface area contributed by atoms with E-state index in [9.17, 15) is 14.4 Å². The van der Waals surface area contributed by atoms with Crippen molar-refractivity contribution in [3.63, 3.8) is 0 Å². The van der Waals surface area contributed by atoms with E-state index in [1.807, 2.05) is 0 Å². The molecule has 11 N–H and O–H groups in total. The molecular weight excluding hydrogens is 428 g/mol. The van der Waals surface area contributed by atoms with E-state index >= 15 is 0 Å². The molecular formula is C17H32O14. The number of rotatable bonds is 9. The molecule has 14 heteroatoms. The molecule has 0 saturated carbocycles. The van der Waals surface area contributed by atoms with Crippen LogP contribution in [0.4, 0.5) is 0 Å². The smallest absolute Gasteiger partial charge is 0.327 e. The number of hydrogen-bond donors (Lipinski definition) is 11. The van der Waals surface area contributed by atoms with E-state index in [-0.39, 0.29) is 0 Å². The van der Waals surface area contributed by atoms with Crippen molar-refractivity contribution in [1.82, 2.24) is 0 Å². The van der Waals surface area contributed by atoms with Crippen molar-refractivity contribution in [1.29, 1.82) is 0 Å². The van der Waals surface area contributed by atoms with E-state index in [0.717, 1.165) is 18.2 Å². The largest absolute Gasteiger partial charge is 0.478 e. The first-order chi connectivity index (χ1) is 14.2. The van der Waals surface area contributed by atoms with Gasteiger partial charge in [0, 0.05) is 18.2 Å². The minimum absolute atomic E-state index is 0.526. The third-order valence-corrected chi connectivity index (χ3v) is 2.16. The Balaban J connectivity index is -0.0000000928. The van der Waals surface area contributed by atoms with Crippen molar-refractivity contribution in [2.45, 2.75) is 24.4 Å². The van der Waals surface area contributed by atoms with E-state index in [0.29, 0.717) is 0 Å². The van der Waals surface area contributed by atoms with Gasteiger partial charge in [0.15, 0.2) is 0 Å². The van der Waals surface area contributed by atoms with Crippen molar-refractivity contribution in [2.24, 2.45) is 0 Å². The molecule has 0 fully saturated rings. The molecule has 0 aliphatic heterocycles. The fourth-order valence-electron chi connectivity index (χ4n) is 0.487. The summed E-state index contributed by atoms with van der Waals surface area (Å²) in [5.74, 6) is -2.94. The lowest BCUT2D eigenvalue weighted by atomic mass is 10.2. The van der Waals surface area contributed by atoms with Gasteiger partial charge in [0.05, 0.1) is 26.4 Å². The summed E-state index contributed by atoms with van der Waals surface area (Å²) in [7, 11) is 0. The average Bonchev–Trinajstić information content (AvgIpc) is 2.77. The standard InChI is InChI=1S/2C4H10O4.3C3H4O2/c2*5-1-3(7)4(8)2-6;3*1-2-3(4)5/h2*3-8H,1-2H2;3*2H,1H2,(H,4,5)/t2*3-,4+;;;. The first kappa shape index (κ1) is 38.9. The van der Waals surface area contributed by atoms with E-state index in [1.54, 1.807) is 0 Å². The van der Waals surface area contributed by atoms with Crippen molar-refractivity contribution < 1.29 is 70.6 Å². The lowest BCUT2D eigenvalue weighted by Gasteiger charge is -2.10. The Morgan fingerprint density at radius 1 is 0.516 bits per heavy atom. The zero-order valence-electron chi connectivity index (χ0n) is 16.6. The minimum Gasteiger partial charge on any atom is -0.478 e. The van der Waals surface area contributed by atoms with Crippen molar-refractivity contribution in [2.75, 3.05) is 26.4 Å². The fraction of sp³-hybridized carbons (Fsp3) is 0.471. The molecule has 0 radical (unpaired) electrons. The molecule has 0 aliphatic rings. The fourth-order valence-corrected chi connectivity index (χ4v) is 0.487. The van der Waals surface area contributed by atoms with Crippen LogP contribution in [-0.4, -0.2) is 125 Å². The van der Waals surface area contributed by atoms with Gasteiger partial charge in [-0.25, -0.2) is 14.4 Å². The van der Waals surface area contributed by atoms with Gasteiger partial charge in [-0.15, -0.1) is 0 Å². The SMILES string of the molecule is C=CC(=O)O.C=CC(=O)O.C=CC(=O)O.OC[C@@H](O)[C@@H](O)CO.OC[C@@H](O)[C@@H](O)CO. The van der Waals surface area contributed by atoms with E-state index in [1.165, 1.54) is 0 Å². The van der Waals surface area contributed by atoms with Gasteiger partial charge < -0.3 is 56.2 Å². The van der Waals surface area contributed by atoms with Crippen LogP contribution in [0, 0.1) is 0 Å². The highest BCUT2D eigenvalue weighted by atomic mass is 16.4. The minimum atomic E-state index is -1.22. The monoisotopic (exact) mass is 460 g/mol. The Bertz CT molecular complexity index is 405. The highest BCUT2D eigenvalue weighted by Gasteiger charge is 2.12. The van der Waals surface area contributed by atoms with Gasteiger partial charge in [-0.2, -0.15) is 0 Å². The molecule has 0 heterocycles. The predicted molar refractivity (Wildman–Crippen MR) is 106 cm³/mol.